The van der Waals surface area contributed by atoms with Crippen LogP contribution in [0.2, 0.25) is 0 Å². The fourth-order valence-corrected chi connectivity index (χ4v) is 6.51. The third-order valence-corrected chi connectivity index (χ3v) is 8.85. The quantitative estimate of drug-likeness (QED) is 0.207. The van der Waals surface area contributed by atoms with E-state index < -0.39 is 0 Å². The SMILES string of the molecule is Cc1ccc(CNC(=O)CSc2nc3c(sc4ccccc43)c(=O)n2CCCC(=O)NCC2CCCO2)cc1. The molecule has 0 saturated carbocycles. The monoisotopic (exact) mass is 564 g/mol. The number of hydrogen-bond donors (Lipinski definition) is 2. The number of thiophene rings is 1. The summed E-state index contributed by atoms with van der Waals surface area (Å²) in [7, 11) is 0. The molecule has 0 aliphatic carbocycles. The van der Waals surface area contributed by atoms with Crippen LogP contribution in [-0.4, -0.2) is 46.4 Å². The van der Waals surface area contributed by atoms with Gasteiger partial charge in [0.1, 0.15) is 4.70 Å². The van der Waals surface area contributed by atoms with Gasteiger partial charge in [0.05, 0.1) is 17.4 Å². The highest BCUT2D eigenvalue weighted by atomic mass is 32.2. The van der Waals surface area contributed by atoms with E-state index in [2.05, 4.69) is 10.6 Å². The van der Waals surface area contributed by atoms with E-state index in [1.54, 1.807) is 4.57 Å². The predicted molar refractivity (Wildman–Crippen MR) is 156 cm³/mol. The first kappa shape index (κ1) is 27.4. The van der Waals surface area contributed by atoms with E-state index in [-0.39, 0.29) is 29.2 Å². The highest BCUT2D eigenvalue weighted by Crippen LogP contribution is 2.31. The van der Waals surface area contributed by atoms with Crippen molar-refractivity contribution in [3.63, 3.8) is 0 Å². The zero-order valence-electron chi connectivity index (χ0n) is 21.9. The molecule has 2 amide bonds. The molecule has 10 heteroatoms. The number of aromatic nitrogens is 2. The minimum Gasteiger partial charge on any atom is -0.376 e. The Morgan fingerprint density at radius 1 is 1.13 bits per heavy atom. The Hall–Kier alpha value is -3.21. The van der Waals surface area contributed by atoms with Crippen LogP contribution in [0.15, 0.2) is 58.5 Å². The summed E-state index contributed by atoms with van der Waals surface area (Å²) in [5.74, 6) is -0.0578. The van der Waals surface area contributed by atoms with E-state index in [0.717, 1.165) is 35.1 Å². The number of nitrogens with zero attached hydrogens (tertiary/aromatic N) is 2. The fourth-order valence-electron chi connectivity index (χ4n) is 4.57. The van der Waals surface area contributed by atoms with Crippen LogP contribution in [0, 0.1) is 6.92 Å². The standard InChI is InChI=1S/C29H32N4O4S2/c1-19-10-12-20(13-11-19)16-30-25(35)18-38-29-32-26-22-7-2-3-8-23(22)39-27(26)28(36)33(29)14-4-9-24(34)31-17-21-6-5-15-37-21/h2-3,7-8,10-13,21H,4-6,9,14-18H2,1H3,(H,30,35)(H,31,34). The second-order valence-corrected chi connectivity index (χ2v) is 11.7. The summed E-state index contributed by atoms with van der Waals surface area (Å²) in [5.41, 5.74) is 2.72. The molecule has 4 aromatic rings. The number of benzene rings is 2. The molecule has 1 atom stereocenters. The molecule has 204 valence electrons. The van der Waals surface area contributed by atoms with Gasteiger partial charge in [0.25, 0.3) is 5.56 Å². The average Bonchev–Trinajstić information content (AvgIpc) is 3.60. The van der Waals surface area contributed by atoms with Crippen molar-refractivity contribution < 1.29 is 14.3 Å². The van der Waals surface area contributed by atoms with E-state index >= 15 is 0 Å². The van der Waals surface area contributed by atoms with E-state index in [9.17, 15) is 14.4 Å². The minimum absolute atomic E-state index is 0.0564. The number of nitrogens with one attached hydrogen (secondary N) is 2. The maximum atomic E-state index is 13.6. The molecule has 0 radical (unpaired) electrons. The minimum atomic E-state index is -0.136. The molecule has 1 fully saturated rings. The van der Waals surface area contributed by atoms with Gasteiger partial charge in [-0.2, -0.15) is 0 Å². The molecule has 1 saturated heterocycles. The highest BCUT2D eigenvalue weighted by Gasteiger charge is 2.19. The molecular formula is C29H32N4O4S2. The smallest absolute Gasteiger partial charge is 0.272 e. The number of ether oxygens (including phenoxy) is 1. The fraction of sp³-hybridized carbons (Fsp3) is 0.379. The van der Waals surface area contributed by atoms with Gasteiger partial charge < -0.3 is 15.4 Å². The summed E-state index contributed by atoms with van der Waals surface area (Å²) in [6.45, 7) is 4.08. The van der Waals surface area contributed by atoms with Gasteiger partial charge >= 0.3 is 0 Å². The average molecular weight is 565 g/mol. The first-order valence-electron chi connectivity index (χ1n) is 13.2. The summed E-state index contributed by atoms with van der Waals surface area (Å²) in [6.07, 6.45) is 2.88. The third kappa shape index (κ3) is 6.87. The normalized spacial score (nSPS) is 15.2. The molecule has 3 heterocycles. The van der Waals surface area contributed by atoms with Gasteiger partial charge in [-0.15, -0.1) is 11.3 Å². The summed E-state index contributed by atoms with van der Waals surface area (Å²) >= 11 is 2.67. The molecule has 0 bridgehead atoms. The van der Waals surface area contributed by atoms with Crippen LogP contribution in [-0.2, 0) is 27.4 Å². The van der Waals surface area contributed by atoms with Crippen molar-refractivity contribution in [1.29, 1.82) is 0 Å². The zero-order valence-corrected chi connectivity index (χ0v) is 23.5. The van der Waals surface area contributed by atoms with Crippen LogP contribution in [0.3, 0.4) is 0 Å². The maximum absolute atomic E-state index is 13.6. The van der Waals surface area contributed by atoms with Gasteiger partial charge in [-0.1, -0.05) is 59.8 Å². The molecule has 2 aromatic heterocycles. The Balaban J connectivity index is 1.28. The number of aryl methyl sites for hydroxylation is 1. The van der Waals surface area contributed by atoms with Crippen LogP contribution < -0.4 is 16.2 Å². The van der Waals surface area contributed by atoms with Gasteiger partial charge in [0, 0.05) is 42.7 Å². The third-order valence-electron chi connectivity index (χ3n) is 6.73. The molecule has 5 rings (SSSR count). The van der Waals surface area contributed by atoms with E-state index in [4.69, 9.17) is 9.72 Å². The van der Waals surface area contributed by atoms with E-state index in [1.165, 1.54) is 28.7 Å². The number of carbonyl (C=O) groups is 2. The molecular weight excluding hydrogens is 532 g/mol. The van der Waals surface area contributed by atoms with Gasteiger partial charge in [-0.05, 0) is 37.8 Å². The predicted octanol–water partition coefficient (Wildman–Crippen LogP) is 4.40. The van der Waals surface area contributed by atoms with Crippen molar-refractivity contribution in [2.24, 2.45) is 0 Å². The Morgan fingerprint density at radius 2 is 1.95 bits per heavy atom. The first-order chi connectivity index (χ1) is 19.0. The first-order valence-corrected chi connectivity index (χ1v) is 15.0. The molecule has 1 unspecified atom stereocenters. The van der Waals surface area contributed by atoms with Crippen molar-refractivity contribution in [2.45, 2.75) is 57.0 Å². The van der Waals surface area contributed by atoms with Gasteiger partial charge in [0.2, 0.25) is 11.8 Å². The van der Waals surface area contributed by atoms with Gasteiger partial charge in [0.15, 0.2) is 5.16 Å². The molecule has 0 spiro atoms. The molecule has 2 N–H and O–H groups in total. The van der Waals surface area contributed by atoms with Crippen LogP contribution in [0.25, 0.3) is 20.3 Å². The number of carbonyl (C=O) groups excluding carboxylic acids is 2. The number of fused-ring (bicyclic) bond motifs is 3. The summed E-state index contributed by atoms with van der Waals surface area (Å²) in [4.78, 5) is 43.5. The van der Waals surface area contributed by atoms with E-state index in [0.29, 0.717) is 47.8 Å². The van der Waals surface area contributed by atoms with Crippen molar-refractivity contribution in [3.05, 3.63) is 70.0 Å². The highest BCUT2D eigenvalue weighted by molar-refractivity contribution is 7.99. The Bertz CT molecular complexity index is 1520. The topological polar surface area (TPSA) is 102 Å². The van der Waals surface area contributed by atoms with Crippen LogP contribution >= 0.6 is 23.1 Å². The maximum Gasteiger partial charge on any atom is 0.272 e. The molecule has 2 aromatic carbocycles. The lowest BCUT2D eigenvalue weighted by atomic mass is 10.1. The lowest BCUT2D eigenvalue weighted by Crippen LogP contribution is -2.32. The Labute approximate surface area is 235 Å². The second kappa shape index (κ2) is 12.8. The summed E-state index contributed by atoms with van der Waals surface area (Å²) in [5, 5.41) is 7.30. The Morgan fingerprint density at radius 3 is 2.74 bits per heavy atom. The second-order valence-electron chi connectivity index (χ2n) is 9.72. The van der Waals surface area contributed by atoms with Gasteiger partial charge in [-0.3, -0.25) is 19.0 Å². The van der Waals surface area contributed by atoms with Crippen LogP contribution in [0.1, 0.15) is 36.8 Å². The Kier molecular flexibility index (Phi) is 8.95. The zero-order chi connectivity index (χ0) is 27.2. The lowest BCUT2D eigenvalue weighted by Gasteiger charge is -2.13. The van der Waals surface area contributed by atoms with E-state index in [1.807, 2.05) is 55.5 Å². The number of amides is 2. The van der Waals surface area contributed by atoms with Gasteiger partial charge in [-0.25, -0.2) is 4.98 Å². The van der Waals surface area contributed by atoms with Crippen molar-refractivity contribution in [3.8, 4) is 0 Å². The van der Waals surface area contributed by atoms with Crippen LogP contribution in [0.4, 0.5) is 0 Å². The number of hydrogen-bond acceptors (Lipinski definition) is 7. The van der Waals surface area contributed by atoms with Crippen LogP contribution in [0.5, 0.6) is 0 Å². The molecule has 8 nitrogen and oxygen atoms in total. The molecule has 1 aliphatic rings. The summed E-state index contributed by atoms with van der Waals surface area (Å²) in [6, 6.07) is 15.8. The van der Waals surface area contributed by atoms with Crippen molar-refractivity contribution in [1.82, 2.24) is 20.2 Å². The molecule has 39 heavy (non-hydrogen) atoms. The summed E-state index contributed by atoms with van der Waals surface area (Å²) < 4.78 is 8.76. The lowest BCUT2D eigenvalue weighted by molar-refractivity contribution is -0.121. The molecule has 1 aliphatic heterocycles. The number of thioether (sulfide) groups is 1. The van der Waals surface area contributed by atoms with Crippen molar-refractivity contribution in [2.75, 3.05) is 18.9 Å². The number of rotatable bonds is 11. The largest absolute Gasteiger partial charge is 0.376 e. The van der Waals surface area contributed by atoms with Crippen molar-refractivity contribution >= 4 is 55.2 Å².